The van der Waals surface area contributed by atoms with Gasteiger partial charge in [-0.15, -0.1) is 11.6 Å². The van der Waals surface area contributed by atoms with E-state index in [0.717, 1.165) is 12.5 Å². The Morgan fingerprint density at radius 1 is 1.47 bits per heavy atom. The van der Waals surface area contributed by atoms with Gasteiger partial charge in [-0.25, -0.2) is 4.98 Å². The zero-order valence-corrected chi connectivity index (χ0v) is 10.1. The SMILES string of the molecule is CC(CCCl)CNc1ncccc1C(F)(F)F. The van der Waals surface area contributed by atoms with Crippen LogP contribution in [0.4, 0.5) is 19.0 Å². The summed E-state index contributed by atoms with van der Waals surface area (Å²) in [7, 11) is 0. The number of halogens is 4. The van der Waals surface area contributed by atoms with Gasteiger partial charge in [0.1, 0.15) is 5.82 Å². The quantitative estimate of drug-likeness (QED) is 0.821. The fourth-order valence-corrected chi connectivity index (χ4v) is 1.71. The average molecular weight is 267 g/mol. The maximum atomic E-state index is 12.6. The van der Waals surface area contributed by atoms with E-state index >= 15 is 0 Å². The molecule has 0 spiro atoms. The van der Waals surface area contributed by atoms with Crippen LogP contribution in [0.2, 0.25) is 0 Å². The van der Waals surface area contributed by atoms with Crippen molar-refractivity contribution in [3.63, 3.8) is 0 Å². The number of pyridine rings is 1. The molecule has 96 valence electrons. The zero-order valence-electron chi connectivity index (χ0n) is 9.39. The first kappa shape index (κ1) is 14.1. The summed E-state index contributed by atoms with van der Waals surface area (Å²) >= 11 is 5.56. The highest BCUT2D eigenvalue weighted by molar-refractivity contribution is 6.17. The molecule has 1 unspecified atom stereocenters. The third-order valence-electron chi connectivity index (χ3n) is 2.33. The second-order valence-corrected chi connectivity index (χ2v) is 4.24. The summed E-state index contributed by atoms with van der Waals surface area (Å²) in [5.41, 5.74) is -0.738. The molecular formula is C11H14ClF3N2. The lowest BCUT2D eigenvalue weighted by Gasteiger charge is -2.15. The van der Waals surface area contributed by atoms with Crippen LogP contribution < -0.4 is 5.32 Å². The van der Waals surface area contributed by atoms with E-state index in [9.17, 15) is 13.2 Å². The topological polar surface area (TPSA) is 24.9 Å². The highest BCUT2D eigenvalue weighted by atomic mass is 35.5. The van der Waals surface area contributed by atoms with Crippen molar-refractivity contribution in [1.29, 1.82) is 0 Å². The number of nitrogens with zero attached hydrogens (tertiary/aromatic N) is 1. The Kier molecular flexibility index (Phi) is 5.05. The van der Waals surface area contributed by atoms with E-state index in [-0.39, 0.29) is 11.7 Å². The van der Waals surface area contributed by atoms with Crippen molar-refractivity contribution in [2.45, 2.75) is 19.5 Å². The number of aromatic nitrogens is 1. The first-order valence-corrected chi connectivity index (χ1v) is 5.80. The van der Waals surface area contributed by atoms with Crippen LogP contribution in [0.3, 0.4) is 0 Å². The molecule has 0 aliphatic carbocycles. The maximum Gasteiger partial charge on any atom is 0.419 e. The summed E-state index contributed by atoms with van der Waals surface area (Å²) in [5.74, 6) is 0.578. The van der Waals surface area contributed by atoms with Gasteiger partial charge >= 0.3 is 6.18 Å². The van der Waals surface area contributed by atoms with E-state index in [0.29, 0.717) is 12.4 Å². The highest BCUT2D eigenvalue weighted by Crippen LogP contribution is 2.33. The predicted octanol–water partition coefficient (Wildman–Crippen LogP) is 3.78. The minimum Gasteiger partial charge on any atom is -0.369 e. The Morgan fingerprint density at radius 3 is 2.76 bits per heavy atom. The Bertz CT molecular complexity index is 355. The van der Waals surface area contributed by atoms with Gasteiger partial charge in [-0.1, -0.05) is 6.92 Å². The summed E-state index contributed by atoms with van der Waals surface area (Å²) in [6.07, 6.45) is -2.29. The van der Waals surface area contributed by atoms with Gasteiger partial charge in [0.05, 0.1) is 5.56 Å². The van der Waals surface area contributed by atoms with E-state index in [1.807, 2.05) is 6.92 Å². The second kappa shape index (κ2) is 6.10. The van der Waals surface area contributed by atoms with Crippen molar-refractivity contribution in [3.8, 4) is 0 Å². The third-order valence-corrected chi connectivity index (χ3v) is 2.55. The van der Waals surface area contributed by atoms with E-state index < -0.39 is 11.7 Å². The summed E-state index contributed by atoms with van der Waals surface area (Å²) < 4.78 is 37.9. The summed E-state index contributed by atoms with van der Waals surface area (Å²) in [4.78, 5) is 3.71. The van der Waals surface area contributed by atoms with Crippen LogP contribution in [-0.2, 0) is 6.18 Å². The molecular weight excluding hydrogens is 253 g/mol. The average Bonchev–Trinajstić information content (AvgIpc) is 2.26. The molecule has 0 aliphatic heterocycles. The molecule has 0 aromatic carbocycles. The zero-order chi connectivity index (χ0) is 12.9. The fourth-order valence-electron chi connectivity index (χ4n) is 1.33. The number of anilines is 1. The lowest BCUT2D eigenvalue weighted by atomic mass is 10.1. The van der Waals surface area contributed by atoms with E-state index in [1.165, 1.54) is 12.3 Å². The minimum absolute atomic E-state index is 0.124. The second-order valence-electron chi connectivity index (χ2n) is 3.86. The van der Waals surface area contributed by atoms with Crippen LogP contribution in [0.15, 0.2) is 18.3 Å². The summed E-state index contributed by atoms with van der Waals surface area (Å²) in [6, 6.07) is 2.29. The number of nitrogens with one attached hydrogen (secondary N) is 1. The molecule has 1 rings (SSSR count). The van der Waals surface area contributed by atoms with Crippen molar-refractivity contribution < 1.29 is 13.2 Å². The number of hydrogen-bond acceptors (Lipinski definition) is 2. The smallest absolute Gasteiger partial charge is 0.369 e. The van der Waals surface area contributed by atoms with Crippen LogP contribution in [0.1, 0.15) is 18.9 Å². The van der Waals surface area contributed by atoms with Gasteiger partial charge in [-0.05, 0) is 24.5 Å². The van der Waals surface area contributed by atoms with E-state index in [2.05, 4.69) is 10.3 Å². The van der Waals surface area contributed by atoms with Gasteiger partial charge < -0.3 is 5.32 Å². The Balaban J connectivity index is 2.71. The maximum absolute atomic E-state index is 12.6. The number of hydrogen-bond donors (Lipinski definition) is 1. The molecule has 1 N–H and O–H groups in total. The summed E-state index contributed by atoms with van der Waals surface area (Å²) in [6.45, 7) is 2.35. The molecule has 2 nitrogen and oxygen atoms in total. The van der Waals surface area contributed by atoms with Crippen LogP contribution in [0, 0.1) is 5.92 Å². The molecule has 17 heavy (non-hydrogen) atoms. The molecule has 1 heterocycles. The van der Waals surface area contributed by atoms with Gasteiger partial charge in [0.15, 0.2) is 0 Å². The first-order valence-electron chi connectivity index (χ1n) is 5.27. The summed E-state index contributed by atoms with van der Waals surface area (Å²) in [5, 5.41) is 2.71. The van der Waals surface area contributed by atoms with Gasteiger partial charge in [-0.2, -0.15) is 13.2 Å². The van der Waals surface area contributed by atoms with Crippen LogP contribution in [-0.4, -0.2) is 17.4 Å². The molecule has 0 fully saturated rings. The molecule has 0 aliphatic rings. The highest BCUT2D eigenvalue weighted by Gasteiger charge is 2.33. The molecule has 0 radical (unpaired) electrons. The molecule has 6 heteroatoms. The molecule has 0 amide bonds. The van der Waals surface area contributed by atoms with E-state index in [1.54, 1.807) is 0 Å². The largest absolute Gasteiger partial charge is 0.419 e. The standard InChI is InChI=1S/C11H14ClF3N2/c1-8(4-5-12)7-17-10-9(11(13,14)15)3-2-6-16-10/h2-3,6,8H,4-5,7H2,1H3,(H,16,17). The molecule has 0 bridgehead atoms. The number of alkyl halides is 4. The Labute approximate surface area is 103 Å². The van der Waals surface area contributed by atoms with E-state index in [4.69, 9.17) is 11.6 Å². The lowest BCUT2D eigenvalue weighted by Crippen LogP contribution is -2.17. The van der Waals surface area contributed by atoms with Crippen molar-refractivity contribution >= 4 is 17.4 Å². The van der Waals surface area contributed by atoms with Gasteiger partial charge in [0.2, 0.25) is 0 Å². The molecule has 1 aromatic heterocycles. The Morgan fingerprint density at radius 2 is 2.18 bits per heavy atom. The van der Waals surface area contributed by atoms with Gasteiger partial charge in [0, 0.05) is 18.6 Å². The van der Waals surface area contributed by atoms with Crippen molar-refractivity contribution in [3.05, 3.63) is 23.9 Å². The molecule has 0 saturated heterocycles. The predicted molar refractivity (Wildman–Crippen MR) is 62.2 cm³/mol. The molecule has 1 atom stereocenters. The van der Waals surface area contributed by atoms with Crippen molar-refractivity contribution in [1.82, 2.24) is 4.98 Å². The first-order chi connectivity index (χ1) is 7.95. The third kappa shape index (κ3) is 4.42. The van der Waals surface area contributed by atoms with Gasteiger partial charge in [0.25, 0.3) is 0 Å². The normalized spacial score (nSPS) is 13.5. The molecule has 0 saturated carbocycles. The number of rotatable bonds is 5. The van der Waals surface area contributed by atoms with Crippen molar-refractivity contribution in [2.75, 3.05) is 17.7 Å². The van der Waals surface area contributed by atoms with Crippen LogP contribution in [0.5, 0.6) is 0 Å². The Hall–Kier alpha value is -0.970. The fraction of sp³-hybridized carbons (Fsp3) is 0.545. The molecule has 1 aromatic rings. The lowest BCUT2D eigenvalue weighted by molar-refractivity contribution is -0.137. The van der Waals surface area contributed by atoms with Crippen molar-refractivity contribution in [2.24, 2.45) is 5.92 Å². The minimum atomic E-state index is -4.38. The van der Waals surface area contributed by atoms with Crippen LogP contribution in [0.25, 0.3) is 0 Å². The van der Waals surface area contributed by atoms with Gasteiger partial charge in [-0.3, -0.25) is 0 Å². The monoisotopic (exact) mass is 266 g/mol. The van der Waals surface area contributed by atoms with Crippen LogP contribution >= 0.6 is 11.6 Å².